The quantitative estimate of drug-likeness (QED) is 0.759. The van der Waals surface area contributed by atoms with E-state index < -0.39 is 6.09 Å². The fraction of sp³-hybridized carbons (Fsp3) is 0.333. The van der Waals surface area contributed by atoms with Gasteiger partial charge in [-0.1, -0.05) is 42.5 Å². The SMILES string of the molecule is CN1CCCC1CCOC(=O)Nc1ccccc1-c1ccc(C=N)cc1. The third-order valence-electron chi connectivity index (χ3n) is 4.91. The van der Waals surface area contributed by atoms with Crippen LogP contribution in [0.25, 0.3) is 11.1 Å². The molecular formula is C21H25N3O2. The van der Waals surface area contributed by atoms with Gasteiger partial charge in [-0.05, 0) is 50.0 Å². The van der Waals surface area contributed by atoms with Crippen molar-refractivity contribution in [2.24, 2.45) is 0 Å². The summed E-state index contributed by atoms with van der Waals surface area (Å²) < 4.78 is 5.38. The fourth-order valence-corrected chi connectivity index (χ4v) is 3.38. The average Bonchev–Trinajstić information content (AvgIpc) is 3.07. The minimum Gasteiger partial charge on any atom is -0.449 e. The van der Waals surface area contributed by atoms with Crippen LogP contribution in [0.5, 0.6) is 0 Å². The Bertz CT molecular complexity index is 758. The molecular weight excluding hydrogens is 326 g/mol. The summed E-state index contributed by atoms with van der Waals surface area (Å²) in [5, 5.41) is 10.1. The molecule has 0 bridgehead atoms. The number of hydrogen-bond acceptors (Lipinski definition) is 4. The number of hydrogen-bond donors (Lipinski definition) is 2. The highest BCUT2D eigenvalue weighted by molar-refractivity contribution is 5.91. The Hall–Kier alpha value is -2.66. The topological polar surface area (TPSA) is 65.4 Å². The Kier molecular flexibility index (Phi) is 6.02. The molecule has 5 heteroatoms. The molecule has 0 aliphatic carbocycles. The molecule has 1 aliphatic heterocycles. The summed E-state index contributed by atoms with van der Waals surface area (Å²) in [6, 6.07) is 15.8. The van der Waals surface area contributed by atoms with E-state index in [9.17, 15) is 4.79 Å². The molecule has 1 aliphatic rings. The molecule has 1 amide bonds. The molecule has 1 atom stereocenters. The van der Waals surface area contributed by atoms with E-state index in [1.54, 1.807) is 0 Å². The Morgan fingerprint density at radius 1 is 1.27 bits per heavy atom. The van der Waals surface area contributed by atoms with Crippen molar-refractivity contribution in [1.82, 2.24) is 4.90 Å². The molecule has 2 aromatic carbocycles. The van der Waals surface area contributed by atoms with Crippen LogP contribution < -0.4 is 5.32 Å². The Morgan fingerprint density at radius 3 is 2.73 bits per heavy atom. The van der Waals surface area contributed by atoms with Gasteiger partial charge in [0.1, 0.15) is 0 Å². The lowest BCUT2D eigenvalue weighted by Gasteiger charge is -2.19. The third-order valence-corrected chi connectivity index (χ3v) is 4.91. The number of rotatable bonds is 6. The van der Waals surface area contributed by atoms with Gasteiger partial charge in [0.15, 0.2) is 0 Å². The van der Waals surface area contributed by atoms with E-state index in [1.807, 2.05) is 48.5 Å². The van der Waals surface area contributed by atoms with Crippen LogP contribution >= 0.6 is 0 Å². The number of anilines is 1. The highest BCUT2D eigenvalue weighted by Crippen LogP contribution is 2.28. The molecule has 0 radical (unpaired) electrons. The van der Waals surface area contributed by atoms with Crippen LogP contribution in [0, 0.1) is 5.41 Å². The zero-order valence-electron chi connectivity index (χ0n) is 15.1. The average molecular weight is 351 g/mol. The fourth-order valence-electron chi connectivity index (χ4n) is 3.38. The van der Waals surface area contributed by atoms with Gasteiger partial charge in [0.2, 0.25) is 0 Å². The van der Waals surface area contributed by atoms with E-state index in [1.165, 1.54) is 19.1 Å². The number of carbonyl (C=O) groups is 1. The van der Waals surface area contributed by atoms with E-state index in [-0.39, 0.29) is 0 Å². The standard InChI is InChI=1S/C21H25N3O2/c1-24-13-4-5-18(24)12-14-26-21(25)23-20-7-3-2-6-19(20)17-10-8-16(15-22)9-11-17/h2-3,6-11,15,18,22H,4-5,12-14H2,1H3,(H,23,25). The van der Waals surface area contributed by atoms with Gasteiger partial charge in [-0.25, -0.2) is 4.79 Å². The van der Waals surface area contributed by atoms with Gasteiger partial charge < -0.3 is 15.0 Å². The van der Waals surface area contributed by atoms with Crippen molar-refractivity contribution in [1.29, 1.82) is 5.41 Å². The Balaban J connectivity index is 1.60. The smallest absolute Gasteiger partial charge is 0.411 e. The van der Waals surface area contributed by atoms with Crippen LogP contribution in [0.4, 0.5) is 10.5 Å². The lowest BCUT2D eigenvalue weighted by atomic mass is 10.0. The molecule has 0 aromatic heterocycles. The van der Waals surface area contributed by atoms with Gasteiger partial charge in [0.25, 0.3) is 0 Å². The van der Waals surface area contributed by atoms with Gasteiger partial charge in [-0.3, -0.25) is 5.32 Å². The molecule has 0 saturated carbocycles. The van der Waals surface area contributed by atoms with Crippen LogP contribution in [0.15, 0.2) is 48.5 Å². The van der Waals surface area contributed by atoms with Crippen LogP contribution in [0.1, 0.15) is 24.8 Å². The van der Waals surface area contributed by atoms with E-state index >= 15 is 0 Å². The van der Waals surface area contributed by atoms with Crippen molar-refractivity contribution in [2.45, 2.75) is 25.3 Å². The van der Waals surface area contributed by atoms with Gasteiger partial charge in [-0.2, -0.15) is 0 Å². The lowest BCUT2D eigenvalue weighted by molar-refractivity contribution is 0.147. The van der Waals surface area contributed by atoms with Crippen molar-refractivity contribution < 1.29 is 9.53 Å². The summed E-state index contributed by atoms with van der Waals surface area (Å²) in [6.45, 7) is 1.55. The first-order chi connectivity index (χ1) is 12.7. The van der Waals surface area contributed by atoms with E-state index in [4.69, 9.17) is 10.1 Å². The van der Waals surface area contributed by atoms with Gasteiger partial charge in [0, 0.05) is 17.8 Å². The predicted octanol–water partition coefficient (Wildman–Crippen LogP) is 4.38. The number of benzene rings is 2. The number of para-hydroxylation sites is 1. The number of nitrogens with zero attached hydrogens (tertiary/aromatic N) is 1. The van der Waals surface area contributed by atoms with Crippen molar-refractivity contribution in [3.05, 3.63) is 54.1 Å². The number of amides is 1. The lowest BCUT2D eigenvalue weighted by Crippen LogP contribution is -2.27. The van der Waals surface area contributed by atoms with Crippen molar-refractivity contribution in [3.63, 3.8) is 0 Å². The first kappa shape index (κ1) is 18.1. The molecule has 1 unspecified atom stereocenters. The van der Waals surface area contributed by atoms with Gasteiger partial charge in [0.05, 0.1) is 12.3 Å². The van der Waals surface area contributed by atoms with Crippen LogP contribution in [-0.4, -0.2) is 43.4 Å². The van der Waals surface area contributed by atoms with Crippen LogP contribution in [0.3, 0.4) is 0 Å². The summed E-state index contributed by atoms with van der Waals surface area (Å²) >= 11 is 0. The van der Waals surface area contributed by atoms with Crippen molar-refractivity contribution >= 4 is 18.0 Å². The Morgan fingerprint density at radius 2 is 2.04 bits per heavy atom. The van der Waals surface area contributed by atoms with E-state index in [0.29, 0.717) is 12.6 Å². The molecule has 0 spiro atoms. The van der Waals surface area contributed by atoms with Crippen LogP contribution in [-0.2, 0) is 4.74 Å². The van der Waals surface area contributed by atoms with E-state index in [2.05, 4.69) is 17.3 Å². The molecule has 1 saturated heterocycles. The zero-order valence-corrected chi connectivity index (χ0v) is 15.1. The monoisotopic (exact) mass is 351 g/mol. The first-order valence-corrected chi connectivity index (χ1v) is 9.01. The van der Waals surface area contributed by atoms with E-state index in [0.717, 1.165) is 35.3 Å². The van der Waals surface area contributed by atoms with Crippen LogP contribution in [0.2, 0.25) is 0 Å². The summed E-state index contributed by atoms with van der Waals surface area (Å²) in [5.41, 5.74) is 3.48. The van der Waals surface area contributed by atoms with Gasteiger partial charge >= 0.3 is 6.09 Å². The second kappa shape index (κ2) is 8.63. The molecule has 2 aromatic rings. The van der Waals surface area contributed by atoms with Crippen molar-refractivity contribution in [3.8, 4) is 11.1 Å². The summed E-state index contributed by atoms with van der Waals surface area (Å²) in [7, 11) is 2.12. The molecule has 1 fully saturated rings. The van der Waals surface area contributed by atoms with Crippen molar-refractivity contribution in [2.75, 3.05) is 25.5 Å². The summed E-state index contributed by atoms with van der Waals surface area (Å²) in [6.07, 6.45) is 4.16. The summed E-state index contributed by atoms with van der Waals surface area (Å²) in [5.74, 6) is 0. The minimum atomic E-state index is -0.422. The largest absolute Gasteiger partial charge is 0.449 e. The maximum atomic E-state index is 12.2. The third kappa shape index (κ3) is 4.49. The molecule has 1 heterocycles. The number of carbonyl (C=O) groups excluding carboxylic acids is 1. The Labute approximate surface area is 154 Å². The molecule has 26 heavy (non-hydrogen) atoms. The molecule has 5 nitrogen and oxygen atoms in total. The second-order valence-corrected chi connectivity index (χ2v) is 6.64. The molecule has 2 N–H and O–H groups in total. The minimum absolute atomic E-state index is 0.422. The highest BCUT2D eigenvalue weighted by atomic mass is 16.5. The van der Waals surface area contributed by atoms with Gasteiger partial charge in [-0.15, -0.1) is 0 Å². The zero-order chi connectivity index (χ0) is 18.4. The summed E-state index contributed by atoms with van der Waals surface area (Å²) in [4.78, 5) is 14.5. The second-order valence-electron chi connectivity index (χ2n) is 6.64. The number of nitrogens with one attached hydrogen (secondary N) is 2. The molecule has 136 valence electrons. The number of likely N-dealkylation sites (tertiary alicyclic amines) is 1. The number of ether oxygens (including phenoxy) is 1. The predicted molar refractivity (Wildman–Crippen MR) is 105 cm³/mol. The molecule has 3 rings (SSSR count). The maximum absolute atomic E-state index is 12.2. The highest BCUT2D eigenvalue weighted by Gasteiger charge is 2.20. The maximum Gasteiger partial charge on any atom is 0.411 e. The first-order valence-electron chi connectivity index (χ1n) is 9.01. The normalized spacial score (nSPS) is 17.0.